The lowest BCUT2D eigenvalue weighted by Gasteiger charge is -2.18. The lowest BCUT2D eigenvalue weighted by molar-refractivity contribution is 0.541. The molecule has 0 radical (unpaired) electrons. The summed E-state index contributed by atoms with van der Waals surface area (Å²) >= 11 is 0. The third kappa shape index (κ3) is 1.28. The Labute approximate surface area is 82.7 Å². The van der Waals surface area contributed by atoms with E-state index in [0.29, 0.717) is 0 Å². The van der Waals surface area contributed by atoms with E-state index < -0.39 is 5.54 Å². The highest BCUT2D eigenvalue weighted by atomic mass is 15.2. The molecular weight excluding hydrogens is 176 g/mol. The molecule has 14 heavy (non-hydrogen) atoms. The van der Waals surface area contributed by atoms with E-state index in [1.165, 1.54) is 0 Å². The molecule has 4 nitrogen and oxygen atoms in total. The Morgan fingerprint density at radius 1 is 1.43 bits per heavy atom. The third-order valence-corrected chi connectivity index (χ3v) is 2.29. The highest BCUT2D eigenvalue weighted by Gasteiger charge is 2.19. The summed E-state index contributed by atoms with van der Waals surface area (Å²) in [6.45, 7) is 3.89. The molecule has 0 aliphatic carbocycles. The molecular formula is C10H14N4. The fourth-order valence-electron chi connectivity index (χ4n) is 1.59. The van der Waals surface area contributed by atoms with Gasteiger partial charge in [-0.25, -0.2) is 0 Å². The van der Waals surface area contributed by atoms with Crippen LogP contribution in [-0.4, -0.2) is 14.8 Å². The van der Waals surface area contributed by atoms with Crippen LogP contribution in [0.1, 0.15) is 19.5 Å². The molecule has 0 spiro atoms. The predicted molar refractivity (Wildman–Crippen MR) is 55.7 cm³/mol. The Hall–Kier alpha value is -1.42. The second kappa shape index (κ2) is 2.78. The van der Waals surface area contributed by atoms with E-state index >= 15 is 0 Å². The van der Waals surface area contributed by atoms with Gasteiger partial charge < -0.3 is 5.73 Å². The molecule has 0 saturated carbocycles. The van der Waals surface area contributed by atoms with E-state index in [-0.39, 0.29) is 0 Å². The fraction of sp³-hybridized carbons (Fsp3) is 0.400. The monoisotopic (exact) mass is 190 g/mol. The molecule has 2 N–H and O–H groups in total. The van der Waals surface area contributed by atoms with Gasteiger partial charge in [-0.2, -0.15) is 5.10 Å². The summed E-state index contributed by atoms with van der Waals surface area (Å²) in [6.07, 6.45) is 3.58. The minimum absolute atomic E-state index is 0.428. The number of aryl methyl sites for hydroxylation is 1. The van der Waals surface area contributed by atoms with Gasteiger partial charge in [-0.3, -0.25) is 9.67 Å². The largest absolute Gasteiger partial charge is 0.321 e. The zero-order valence-electron chi connectivity index (χ0n) is 8.65. The normalized spacial score (nSPS) is 12.3. The summed E-state index contributed by atoms with van der Waals surface area (Å²) in [5.74, 6) is 0. The minimum atomic E-state index is -0.428. The van der Waals surface area contributed by atoms with Crippen LogP contribution in [0.4, 0.5) is 0 Å². The summed E-state index contributed by atoms with van der Waals surface area (Å²) in [5, 5.41) is 5.22. The molecule has 4 heteroatoms. The number of nitrogens with zero attached hydrogens (tertiary/aromatic N) is 3. The molecule has 0 aliphatic heterocycles. The number of nitrogens with two attached hydrogens (primary N) is 1. The van der Waals surface area contributed by atoms with Crippen molar-refractivity contribution >= 4 is 10.9 Å². The molecule has 0 saturated heterocycles. The van der Waals surface area contributed by atoms with Gasteiger partial charge in [0.15, 0.2) is 0 Å². The first kappa shape index (κ1) is 9.15. The molecule has 74 valence electrons. The van der Waals surface area contributed by atoms with Crippen LogP contribution >= 0.6 is 0 Å². The van der Waals surface area contributed by atoms with Gasteiger partial charge >= 0.3 is 0 Å². The second-order valence-corrected chi connectivity index (χ2v) is 4.08. The van der Waals surface area contributed by atoms with Crippen LogP contribution in [0, 0.1) is 0 Å². The minimum Gasteiger partial charge on any atom is -0.321 e. The number of hydrogen-bond acceptors (Lipinski definition) is 3. The Bertz CT molecular complexity index is 464. The van der Waals surface area contributed by atoms with Crippen molar-refractivity contribution in [3.63, 3.8) is 0 Å². The topological polar surface area (TPSA) is 56.7 Å². The van der Waals surface area contributed by atoms with Gasteiger partial charge in [-0.15, -0.1) is 0 Å². The van der Waals surface area contributed by atoms with Gasteiger partial charge in [0.05, 0.1) is 22.9 Å². The van der Waals surface area contributed by atoms with Crippen LogP contribution in [0.3, 0.4) is 0 Å². The number of fused-ring (bicyclic) bond motifs is 1. The Kier molecular flexibility index (Phi) is 1.82. The predicted octanol–water partition coefficient (Wildman–Crippen LogP) is 1.16. The smallest absolute Gasteiger partial charge is 0.0713 e. The molecule has 0 unspecified atom stereocenters. The van der Waals surface area contributed by atoms with Crippen molar-refractivity contribution in [2.45, 2.75) is 19.4 Å². The van der Waals surface area contributed by atoms with Gasteiger partial charge in [-0.05, 0) is 19.9 Å². The molecule has 2 heterocycles. The molecule has 0 fully saturated rings. The maximum absolute atomic E-state index is 6.03. The summed E-state index contributed by atoms with van der Waals surface area (Å²) < 4.78 is 1.83. The van der Waals surface area contributed by atoms with Crippen LogP contribution in [-0.2, 0) is 12.6 Å². The van der Waals surface area contributed by atoms with Crippen LogP contribution in [0.5, 0.6) is 0 Å². The summed E-state index contributed by atoms with van der Waals surface area (Å²) in [6, 6.07) is 1.94. The van der Waals surface area contributed by atoms with E-state index in [2.05, 4.69) is 10.1 Å². The molecule has 0 aromatic carbocycles. The number of hydrogen-bond donors (Lipinski definition) is 1. The number of aromatic nitrogens is 3. The Morgan fingerprint density at radius 3 is 2.79 bits per heavy atom. The van der Waals surface area contributed by atoms with Crippen LogP contribution in [0.15, 0.2) is 18.5 Å². The van der Waals surface area contributed by atoms with E-state index in [4.69, 9.17) is 5.73 Å². The quantitative estimate of drug-likeness (QED) is 0.734. The highest BCUT2D eigenvalue weighted by molar-refractivity contribution is 5.81. The maximum atomic E-state index is 6.03. The lowest BCUT2D eigenvalue weighted by Crippen LogP contribution is -2.30. The number of pyridine rings is 1. The van der Waals surface area contributed by atoms with Gasteiger partial charge in [0.25, 0.3) is 0 Å². The van der Waals surface area contributed by atoms with Crippen molar-refractivity contribution in [3.05, 3.63) is 24.2 Å². The van der Waals surface area contributed by atoms with Crippen LogP contribution in [0.2, 0.25) is 0 Å². The Morgan fingerprint density at radius 2 is 2.14 bits per heavy atom. The molecule has 2 aromatic heterocycles. The van der Waals surface area contributed by atoms with Crippen molar-refractivity contribution in [1.29, 1.82) is 0 Å². The highest BCUT2D eigenvalue weighted by Crippen LogP contribution is 2.23. The summed E-state index contributed by atoms with van der Waals surface area (Å²) in [7, 11) is 1.91. The van der Waals surface area contributed by atoms with Gasteiger partial charge in [0, 0.05) is 18.6 Å². The fourth-order valence-corrected chi connectivity index (χ4v) is 1.59. The zero-order valence-corrected chi connectivity index (χ0v) is 8.65. The molecule has 2 aromatic rings. The standard InChI is InChI=1S/C10H14N4/c1-10(2,11)9-7-6-13-14(3)8(7)4-5-12-9/h4-6H,11H2,1-3H3. The van der Waals surface area contributed by atoms with E-state index in [1.807, 2.05) is 37.8 Å². The molecule has 0 atom stereocenters. The zero-order chi connectivity index (χ0) is 10.3. The summed E-state index contributed by atoms with van der Waals surface area (Å²) in [4.78, 5) is 4.31. The average Bonchev–Trinajstić information content (AvgIpc) is 2.46. The van der Waals surface area contributed by atoms with Crippen molar-refractivity contribution < 1.29 is 0 Å². The molecule has 0 aliphatic rings. The van der Waals surface area contributed by atoms with Crippen molar-refractivity contribution in [2.24, 2.45) is 12.8 Å². The number of rotatable bonds is 1. The van der Waals surface area contributed by atoms with E-state index in [0.717, 1.165) is 16.6 Å². The maximum Gasteiger partial charge on any atom is 0.0713 e. The molecule has 2 rings (SSSR count). The first-order valence-corrected chi connectivity index (χ1v) is 4.56. The Balaban J connectivity index is 2.79. The first-order valence-electron chi connectivity index (χ1n) is 4.56. The molecule has 0 bridgehead atoms. The van der Waals surface area contributed by atoms with Crippen molar-refractivity contribution in [3.8, 4) is 0 Å². The van der Waals surface area contributed by atoms with E-state index in [1.54, 1.807) is 6.20 Å². The van der Waals surface area contributed by atoms with Crippen molar-refractivity contribution in [1.82, 2.24) is 14.8 Å². The summed E-state index contributed by atoms with van der Waals surface area (Å²) in [5.41, 5.74) is 7.56. The van der Waals surface area contributed by atoms with Crippen molar-refractivity contribution in [2.75, 3.05) is 0 Å². The van der Waals surface area contributed by atoms with Crippen LogP contribution in [0.25, 0.3) is 10.9 Å². The lowest BCUT2D eigenvalue weighted by atomic mass is 9.99. The average molecular weight is 190 g/mol. The van der Waals surface area contributed by atoms with Gasteiger partial charge in [0.2, 0.25) is 0 Å². The van der Waals surface area contributed by atoms with Crippen LogP contribution < -0.4 is 5.73 Å². The second-order valence-electron chi connectivity index (χ2n) is 4.08. The SMILES string of the molecule is Cn1ncc2c(C(C)(C)N)nccc21. The third-order valence-electron chi connectivity index (χ3n) is 2.29. The first-order chi connectivity index (χ1) is 6.50. The molecule has 0 amide bonds. The van der Waals surface area contributed by atoms with Gasteiger partial charge in [-0.1, -0.05) is 0 Å². The van der Waals surface area contributed by atoms with Gasteiger partial charge in [0.1, 0.15) is 0 Å². The van der Waals surface area contributed by atoms with E-state index in [9.17, 15) is 0 Å².